The molecule has 1 N–H and O–H groups in total. The average molecular weight is 244 g/mol. The molecule has 14 heavy (non-hydrogen) atoms. The van der Waals surface area contributed by atoms with E-state index in [1.54, 1.807) is 11.3 Å². The molecule has 76 valence electrons. The average Bonchev–Trinajstić information content (AvgIpc) is 2.48. The van der Waals surface area contributed by atoms with E-state index in [4.69, 9.17) is 4.55 Å². The van der Waals surface area contributed by atoms with Gasteiger partial charge in [-0.25, -0.2) is 0 Å². The molecule has 0 radical (unpaired) electrons. The molecule has 1 heterocycles. The zero-order chi connectivity index (χ0) is 9.73. The molecule has 1 aromatic rings. The Hall–Kier alpha value is 0.610. The SMILES string of the molecule is O=S(=O)(O)CCCCc1ccsc1.[NaH]. The molecule has 0 aliphatic carbocycles. The molecule has 6 heteroatoms. The van der Waals surface area contributed by atoms with Gasteiger partial charge in [0.1, 0.15) is 0 Å². The molecule has 0 aliphatic heterocycles. The third-order valence-electron chi connectivity index (χ3n) is 1.70. The summed E-state index contributed by atoms with van der Waals surface area (Å²) in [6.45, 7) is 0. The van der Waals surface area contributed by atoms with Gasteiger partial charge in [0.25, 0.3) is 10.1 Å². The standard InChI is InChI=1S/C8H12O3S2.Na.H/c9-13(10,11)6-2-1-3-8-4-5-12-7-8;;/h4-5,7H,1-3,6H2,(H,9,10,11);;. The Kier molecular flexibility index (Phi) is 7.28. The Morgan fingerprint density at radius 2 is 2.07 bits per heavy atom. The van der Waals surface area contributed by atoms with Gasteiger partial charge < -0.3 is 0 Å². The van der Waals surface area contributed by atoms with Crippen LogP contribution in [0.1, 0.15) is 18.4 Å². The second-order valence-corrected chi connectivity index (χ2v) is 5.23. The van der Waals surface area contributed by atoms with Crippen LogP contribution in [0.2, 0.25) is 0 Å². The van der Waals surface area contributed by atoms with Crippen LogP contribution in [-0.2, 0) is 16.5 Å². The van der Waals surface area contributed by atoms with Crippen LogP contribution in [0.3, 0.4) is 0 Å². The van der Waals surface area contributed by atoms with Crippen LogP contribution in [0.25, 0.3) is 0 Å². The van der Waals surface area contributed by atoms with Crippen LogP contribution in [0.5, 0.6) is 0 Å². The van der Waals surface area contributed by atoms with Gasteiger partial charge in [-0.3, -0.25) is 4.55 Å². The minimum absolute atomic E-state index is 0. The van der Waals surface area contributed by atoms with Gasteiger partial charge >= 0.3 is 29.6 Å². The first-order valence-corrected chi connectivity index (χ1v) is 6.59. The maximum absolute atomic E-state index is 10.4. The van der Waals surface area contributed by atoms with Crippen molar-refractivity contribution in [2.75, 3.05) is 5.75 Å². The number of aryl methyl sites for hydroxylation is 1. The second-order valence-electron chi connectivity index (χ2n) is 2.87. The van der Waals surface area contributed by atoms with E-state index >= 15 is 0 Å². The quantitative estimate of drug-likeness (QED) is 0.482. The van der Waals surface area contributed by atoms with Crippen molar-refractivity contribution in [1.29, 1.82) is 0 Å². The maximum atomic E-state index is 10.4. The Balaban J connectivity index is 0.00000169. The van der Waals surface area contributed by atoms with Crippen molar-refractivity contribution in [2.24, 2.45) is 0 Å². The molecule has 1 rings (SSSR count). The molecule has 0 spiro atoms. The molecule has 0 saturated heterocycles. The summed E-state index contributed by atoms with van der Waals surface area (Å²) in [6, 6.07) is 2.03. The van der Waals surface area contributed by atoms with Crippen molar-refractivity contribution in [3.63, 3.8) is 0 Å². The van der Waals surface area contributed by atoms with Crippen LogP contribution >= 0.6 is 11.3 Å². The van der Waals surface area contributed by atoms with E-state index in [-0.39, 0.29) is 35.3 Å². The predicted molar refractivity (Wildman–Crippen MR) is 60.8 cm³/mol. The van der Waals surface area contributed by atoms with Crippen molar-refractivity contribution in [2.45, 2.75) is 19.3 Å². The third kappa shape index (κ3) is 6.98. The molecule has 0 amide bonds. The molecule has 0 bridgehead atoms. The summed E-state index contributed by atoms with van der Waals surface area (Å²) >= 11 is 1.64. The van der Waals surface area contributed by atoms with Crippen LogP contribution in [0.15, 0.2) is 16.8 Å². The molecule has 0 aromatic carbocycles. The zero-order valence-corrected chi connectivity index (χ0v) is 8.77. The number of unbranched alkanes of at least 4 members (excludes halogenated alkanes) is 1. The van der Waals surface area contributed by atoms with E-state index in [9.17, 15) is 8.42 Å². The monoisotopic (exact) mass is 244 g/mol. The first-order chi connectivity index (χ1) is 6.08. The van der Waals surface area contributed by atoms with Crippen LogP contribution < -0.4 is 0 Å². The van der Waals surface area contributed by atoms with E-state index in [0.29, 0.717) is 6.42 Å². The van der Waals surface area contributed by atoms with Gasteiger partial charge in [-0.2, -0.15) is 19.8 Å². The van der Waals surface area contributed by atoms with E-state index < -0.39 is 10.1 Å². The second kappa shape index (κ2) is 6.98. The molecule has 0 unspecified atom stereocenters. The molecule has 3 nitrogen and oxygen atoms in total. The fraction of sp³-hybridized carbons (Fsp3) is 0.500. The van der Waals surface area contributed by atoms with Crippen molar-refractivity contribution in [3.8, 4) is 0 Å². The summed E-state index contributed by atoms with van der Waals surface area (Å²) in [7, 11) is -3.76. The topological polar surface area (TPSA) is 54.4 Å². The van der Waals surface area contributed by atoms with E-state index in [1.807, 2.05) is 16.8 Å². The molecule has 1 aromatic heterocycles. The number of thiophene rings is 1. The van der Waals surface area contributed by atoms with Gasteiger partial charge in [-0.1, -0.05) is 0 Å². The molecule has 0 aliphatic rings. The van der Waals surface area contributed by atoms with Gasteiger partial charge in [-0.05, 0) is 41.7 Å². The van der Waals surface area contributed by atoms with Crippen molar-refractivity contribution in [1.82, 2.24) is 0 Å². The number of rotatable bonds is 5. The van der Waals surface area contributed by atoms with Crippen molar-refractivity contribution < 1.29 is 13.0 Å². The predicted octanol–water partition coefficient (Wildman–Crippen LogP) is 1.31. The van der Waals surface area contributed by atoms with Gasteiger partial charge in [-0.15, -0.1) is 0 Å². The fourth-order valence-corrected chi connectivity index (χ4v) is 2.32. The summed E-state index contributed by atoms with van der Waals surface area (Å²) in [6.07, 6.45) is 2.21. The summed E-state index contributed by atoms with van der Waals surface area (Å²) in [5.41, 5.74) is 1.24. The summed E-state index contributed by atoms with van der Waals surface area (Å²) in [5, 5.41) is 4.05. The number of hydrogen-bond acceptors (Lipinski definition) is 3. The minimum atomic E-state index is -3.76. The normalized spacial score (nSPS) is 10.9. The molecular formula is C8H13NaO3S2. The summed E-state index contributed by atoms with van der Waals surface area (Å²) < 4.78 is 29.1. The Labute approximate surface area is 111 Å². The third-order valence-corrected chi connectivity index (χ3v) is 3.23. The van der Waals surface area contributed by atoms with E-state index in [1.165, 1.54) is 5.56 Å². The van der Waals surface area contributed by atoms with Gasteiger partial charge in [0.05, 0.1) is 5.75 Å². The fourth-order valence-electron chi connectivity index (χ4n) is 1.05. The van der Waals surface area contributed by atoms with Gasteiger partial charge in [0, 0.05) is 0 Å². The first-order valence-electron chi connectivity index (χ1n) is 4.04. The van der Waals surface area contributed by atoms with Crippen LogP contribution in [0, 0.1) is 0 Å². The van der Waals surface area contributed by atoms with Crippen molar-refractivity contribution >= 4 is 51.0 Å². The van der Waals surface area contributed by atoms with E-state index in [0.717, 1.165) is 12.8 Å². The summed E-state index contributed by atoms with van der Waals surface area (Å²) in [4.78, 5) is 0. The van der Waals surface area contributed by atoms with E-state index in [2.05, 4.69) is 0 Å². The molecular weight excluding hydrogens is 231 g/mol. The Bertz CT molecular complexity index is 331. The molecule has 0 atom stereocenters. The Morgan fingerprint density at radius 3 is 2.57 bits per heavy atom. The summed E-state index contributed by atoms with van der Waals surface area (Å²) in [5.74, 6) is -0.128. The van der Waals surface area contributed by atoms with Gasteiger partial charge in [0.2, 0.25) is 0 Å². The molecule has 0 fully saturated rings. The number of hydrogen-bond donors (Lipinski definition) is 1. The first kappa shape index (κ1) is 14.6. The van der Waals surface area contributed by atoms with Crippen molar-refractivity contribution in [3.05, 3.63) is 22.4 Å². The zero-order valence-electron chi connectivity index (χ0n) is 7.14. The molecule has 0 saturated carbocycles. The van der Waals surface area contributed by atoms with Crippen LogP contribution in [-0.4, -0.2) is 48.3 Å². The van der Waals surface area contributed by atoms with Crippen LogP contribution in [0.4, 0.5) is 0 Å². The Morgan fingerprint density at radius 1 is 1.36 bits per heavy atom. The van der Waals surface area contributed by atoms with Gasteiger partial charge in [0.15, 0.2) is 0 Å².